The van der Waals surface area contributed by atoms with Crippen molar-refractivity contribution in [3.05, 3.63) is 30.3 Å². The Kier molecular flexibility index (Phi) is 7.32. The summed E-state index contributed by atoms with van der Waals surface area (Å²) in [6.45, 7) is 1.82. The fourth-order valence-corrected chi connectivity index (χ4v) is 1.22. The first-order valence-corrected chi connectivity index (χ1v) is 5.65. The summed E-state index contributed by atoms with van der Waals surface area (Å²) in [7, 11) is 0. The van der Waals surface area contributed by atoms with Crippen molar-refractivity contribution in [3.63, 3.8) is 0 Å². The maximum atomic E-state index is 5.53. The number of rotatable bonds is 7. The summed E-state index contributed by atoms with van der Waals surface area (Å²) in [4.78, 5) is 0. The van der Waals surface area contributed by atoms with Crippen molar-refractivity contribution in [2.75, 3.05) is 19.8 Å². The highest BCUT2D eigenvalue weighted by Gasteiger charge is 1.92. The average Bonchev–Trinajstić information content (AvgIpc) is 2.34. The number of unbranched alkanes of at least 4 members (excludes halogenated alkanes) is 1. The lowest BCUT2D eigenvalue weighted by molar-refractivity contribution is 0.156. The molecule has 1 aromatic carbocycles. The van der Waals surface area contributed by atoms with Crippen LogP contribution in [0.4, 0.5) is 0 Å². The van der Waals surface area contributed by atoms with Gasteiger partial charge in [-0.1, -0.05) is 24.1 Å². The smallest absolute Gasteiger partial charge is 0.119 e. The average molecular weight is 239 g/mol. The maximum absolute atomic E-state index is 5.53. The summed E-state index contributed by atoms with van der Waals surface area (Å²) in [6, 6.07) is 9.80. The lowest BCUT2D eigenvalue weighted by Gasteiger charge is -2.05. The van der Waals surface area contributed by atoms with Crippen LogP contribution in [0.2, 0.25) is 0 Å². The first-order valence-electron chi connectivity index (χ1n) is 5.27. The van der Waals surface area contributed by atoms with Crippen LogP contribution in [-0.4, -0.2) is 19.8 Å². The predicted octanol–water partition coefficient (Wildman–Crippen LogP) is 3.06. The molecular formula is C13H15ClO2. The Labute approximate surface area is 102 Å². The standard InChI is InChI=1S/C13H15ClO2/c14-9-6-11-15-10-4-5-12-16-13-7-2-1-3-8-13/h1-3,7-8H,4-5,10-12H2. The van der Waals surface area contributed by atoms with Crippen molar-refractivity contribution in [1.29, 1.82) is 0 Å². The van der Waals surface area contributed by atoms with E-state index in [4.69, 9.17) is 21.1 Å². The van der Waals surface area contributed by atoms with Crippen molar-refractivity contribution >= 4 is 11.6 Å². The second-order valence-electron chi connectivity index (χ2n) is 3.19. The molecule has 16 heavy (non-hydrogen) atoms. The molecule has 0 heterocycles. The van der Waals surface area contributed by atoms with E-state index in [9.17, 15) is 0 Å². The van der Waals surface area contributed by atoms with Crippen LogP contribution >= 0.6 is 11.6 Å². The van der Waals surface area contributed by atoms with Gasteiger partial charge in [-0.2, -0.15) is 0 Å². The van der Waals surface area contributed by atoms with Crippen LogP contribution in [0, 0.1) is 11.3 Å². The number of para-hydroxylation sites is 1. The Bertz CT molecular complexity index is 327. The van der Waals surface area contributed by atoms with E-state index in [-0.39, 0.29) is 0 Å². The molecule has 0 radical (unpaired) electrons. The van der Waals surface area contributed by atoms with Gasteiger partial charge < -0.3 is 9.47 Å². The van der Waals surface area contributed by atoms with Crippen molar-refractivity contribution in [3.8, 4) is 17.0 Å². The lowest BCUT2D eigenvalue weighted by Crippen LogP contribution is -2.00. The van der Waals surface area contributed by atoms with Crippen molar-refractivity contribution in [1.82, 2.24) is 0 Å². The zero-order valence-electron chi connectivity index (χ0n) is 9.12. The van der Waals surface area contributed by atoms with E-state index in [1.54, 1.807) is 0 Å². The van der Waals surface area contributed by atoms with Crippen molar-refractivity contribution < 1.29 is 9.47 Å². The van der Waals surface area contributed by atoms with Gasteiger partial charge in [0, 0.05) is 12.0 Å². The summed E-state index contributed by atoms with van der Waals surface area (Å²) in [5.41, 5.74) is 0. The highest BCUT2D eigenvalue weighted by Crippen LogP contribution is 2.08. The second-order valence-corrected chi connectivity index (χ2v) is 3.38. The van der Waals surface area contributed by atoms with Gasteiger partial charge in [-0.05, 0) is 36.6 Å². The molecule has 86 valence electrons. The van der Waals surface area contributed by atoms with Crippen LogP contribution in [-0.2, 0) is 4.74 Å². The fraction of sp³-hybridized carbons (Fsp3) is 0.385. The molecule has 0 aliphatic rings. The lowest BCUT2D eigenvalue weighted by atomic mass is 10.3. The van der Waals surface area contributed by atoms with Crippen LogP contribution in [0.1, 0.15) is 12.8 Å². The Hall–Kier alpha value is -1.17. The molecule has 2 nitrogen and oxygen atoms in total. The minimum Gasteiger partial charge on any atom is -0.494 e. The summed E-state index contributed by atoms with van der Waals surface area (Å²) >= 11 is 5.17. The van der Waals surface area contributed by atoms with Gasteiger partial charge in [0.2, 0.25) is 0 Å². The van der Waals surface area contributed by atoms with E-state index in [1.807, 2.05) is 30.3 Å². The molecule has 3 heteroatoms. The van der Waals surface area contributed by atoms with Crippen LogP contribution in [0.15, 0.2) is 30.3 Å². The quantitative estimate of drug-likeness (QED) is 0.537. The van der Waals surface area contributed by atoms with E-state index in [0.29, 0.717) is 19.8 Å². The number of hydrogen-bond acceptors (Lipinski definition) is 2. The molecule has 1 aromatic rings. The summed E-state index contributed by atoms with van der Waals surface area (Å²) in [5, 5.41) is 2.26. The molecule has 0 aromatic heterocycles. The molecular weight excluding hydrogens is 224 g/mol. The van der Waals surface area contributed by atoms with E-state index < -0.39 is 0 Å². The first kappa shape index (κ1) is 12.9. The van der Waals surface area contributed by atoms with Gasteiger partial charge in [-0.25, -0.2) is 0 Å². The van der Waals surface area contributed by atoms with Gasteiger partial charge >= 0.3 is 0 Å². The summed E-state index contributed by atoms with van der Waals surface area (Å²) in [5.74, 6) is 3.54. The molecule has 0 unspecified atom stereocenters. The molecule has 0 aliphatic heterocycles. The Balaban J connectivity index is 1.94. The SMILES string of the molecule is ClC#CCOCCCCOc1ccccc1. The molecule has 0 saturated heterocycles. The van der Waals surface area contributed by atoms with E-state index in [2.05, 4.69) is 11.3 Å². The van der Waals surface area contributed by atoms with Crippen molar-refractivity contribution in [2.24, 2.45) is 0 Å². The minimum absolute atomic E-state index is 0.406. The third kappa shape index (κ3) is 6.34. The highest BCUT2D eigenvalue weighted by atomic mass is 35.5. The van der Waals surface area contributed by atoms with Gasteiger partial charge in [0.1, 0.15) is 12.4 Å². The third-order valence-corrected chi connectivity index (χ3v) is 2.07. The highest BCUT2D eigenvalue weighted by molar-refractivity contribution is 6.30. The van der Waals surface area contributed by atoms with Crippen molar-refractivity contribution in [2.45, 2.75) is 12.8 Å². The monoisotopic (exact) mass is 238 g/mol. The number of ether oxygens (including phenoxy) is 2. The molecule has 0 spiro atoms. The zero-order chi connectivity index (χ0) is 11.5. The largest absolute Gasteiger partial charge is 0.494 e. The number of benzene rings is 1. The van der Waals surface area contributed by atoms with Gasteiger partial charge in [0.25, 0.3) is 0 Å². The summed E-state index contributed by atoms with van der Waals surface area (Å²) < 4.78 is 10.7. The molecule has 0 aliphatic carbocycles. The molecule has 0 N–H and O–H groups in total. The molecule has 0 saturated carbocycles. The fourth-order valence-electron chi connectivity index (χ4n) is 1.16. The minimum atomic E-state index is 0.406. The topological polar surface area (TPSA) is 18.5 Å². The predicted molar refractivity (Wildman–Crippen MR) is 65.6 cm³/mol. The molecule has 0 bridgehead atoms. The van der Waals surface area contributed by atoms with Gasteiger partial charge in [-0.15, -0.1) is 0 Å². The first-order chi connectivity index (χ1) is 7.93. The summed E-state index contributed by atoms with van der Waals surface area (Å²) in [6.07, 6.45) is 1.94. The molecule has 0 atom stereocenters. The molecule has 0 fully saturated rings. The van der Waals surface area contributed by atoms with E-state index in [0.717, 1.165) is 18.6 Å². The van der Waals surface area contributed by atoms with E-state index in [1.165, 1.54) is 0 Å². The van der Waals surface area contributed by atoms with Gasteiger partial charge in [0.15, 0.2) is 0 Å². The third-order valence-electron chi connectivity index (χ3n) is 1.94. The van der Waals surface area contributed by atoms with Gasteiger partial charge in [0.05, 0.1) is 6.61 Å². The normalized spacial score (nSPS) is 9.31. The zero-order valence-corrected chi connectivity index (χ0v) is 9.87. The van der Waals surface area contributed by atoms with Crippen LogP contribution in [0.3, 0.4) is 0 Å². The Morgan fingerprint density at radius 1 is 1.06 bits per heavy atom. The van der Waals surface area contributed by atoms with Crippen LogP contribution in [0.5, 0.6) is 5.75 Å². The maximum Gasteiger partial charge on any atom is 0.119 e. The van der Waals surface area contributed by atoms with Crippen LogP contribution < -0.4 is 4.74 Å². The molecule has 0 amide bonds. The Morgan fingerprint density at radius 2 is 1.81 bits per heavy atom. The second kappa shape index (κ2) is 9.08. The number of hydrogen-bond donors (Lipinski definition) is 0. The molecule has 1 rings (SSSR count). The van der Waals surface area contributed by atoms with Gasteiger partial charge in [-0.3, -0.25) is 0 Å². The Morgan fingerprint density at radius 3 is 2.56 bits per heavy atom. The number of halogens is 1. The van der Waals surface area contributed by atoms with E-state index >= 15 is 0 Å². The van der Waals surface area contributed by atoms with Crippen LogP contribution in [0.25, 0.3) is 0 Å².